The lowest BCUT2D eigenvalue weighted by Crippen LogP contribution is -2.25. The first kappa shape index (κ1) is 14.5. The van der Waals surface area contributed by atoms with Gasteiger partial charge in [-0.25, -0.2) is 4.98 Å². The van der Waals surface area contributed by atoms with Crippen LogP contribution < -0.4 is 5.32 Å². The largest absolute Gasteiger partial charge is 0.383 e. The van der Waals surface area contributed by atoms with Crippen molar-refractivity contribution in [2.45, 2.75) is 39.2 Å². The number of rotatable bonds is 7. The quantitative estimate of drug-likeness (QED) is 0.805. The number of nitrogens with zero attached hydrogens (tertiary/aromatic N) is 2. The molecule has 98 valence electrons. The van der Waals surface area contributed by atoms with Crippen LogP contribution in [-0.4, -0.2) is 24.7 Å². The van der Waals surface area contributed by atoms with Crippen molar-refractivity contribution in [2.24, 2.45) is 0 Å². The van der Waals surface area contributed by atoms with Crippen molar-refractivity contribution in [1.29, 1.82) is 5.26 Å². The van der Waals surface area contributed by atoms with Gasteiger partial charge in [0.15, 0.2) is 0 Å². The van der Waals surface area contributed by atoms with Gasteiger partial charge in [0.1, 0.15) is 17.6 Å². The predicted molar refractivity (Wildman–Crippen MR) is 72.5 cm³/mol. The van der Waals surface area contributed by atoms with E-state index in [9.17, 15) is 0 Å². The maximum absolute atomic E-state index is 8.96. The molecule has 0 aliphatic heterocycles. The normalized spacial score (nSPS) is 11.9. The molecule has 0 aliphatic rings. The summed E-state index contributed by atoms with van der Waals surface area (Å²) in [7, 11) is 1.70. The van der Waals surface area contributed by atoms with E-state index in [2.05, 4.69) is 23.3 Å². The number of ether oxygens (including phenoxy) is 1. The summed E-state index contributed by atoms with van der Waals surface area (Å²) < 4.78 is 5.20. The third kappa shape index (κ3) is 4.34. The van der Waals surface area contributed by atoms with E-state index in [4.69, 9.17) is 10.00 Å². The average molecular weight is 247 g/mol. The lowest BCUT2D eigenvalue weighted by molar-refractivity contribution is 0.182. The molecule has 0 saturated carbocycles. The zero-order chi connectivity index (χ0) is 13.4. The minimum absolute atomic E-state index is 0.247. The number of methoxy groups -OCH3 is 1. The number of nitrogens with one attached hydrogen (secondary N) is 1. The molecular weight excluding hydrogens is 226 g/mol. The highest BCUT2D eigenvalue weighted by Crippen LogP contribution is 2.13. The molecule has 1 aromatic rings. The molecule has 1 atom stereocenters. The van der Waals surface area contributed by atoms with E-state index in [1.54, 1.807) is 7.11 Å². The number of hydrogen-bond acceptors (Lipinski definition) is 4. The zero-order valence-corrected chi connectivity index (χ0v) is 11.4. The van der Waals surface area contributed by atoms with Crippen LogP contribution in [0.15, 0.2) is 12.1 Å². The summed E-state index contributed by atoms with van der Waals surface area (Å²) in [6.45, 7) is 4.71. The fraction of sp³-hybridized carbons (Fsp3) is 0.571. The van der Waals surface area contributed by atoms with Gasteiger partial charge >= 0.3 is 0 Å². The van der Waals surface area contributed by atoms with E-state index in [1.165, 1.54) is 0 Å². The molecule has 0 radical (unpaired) electrons. The fourth-order valence-corrected chi connectivity index (χ4v) is 1.78. The van der Waals surface area contributed by atoms with Crippen molar-refractivity contribution < 1.29 is 4.74 Å². The number of hydrogen-bond donors (Lipinski definition) is 1. The smallest absolute Gasteiger partial charge is 0.145 e. The van der Waals surface area contributed by atoms with Crippen LogP contribution in [0.5, 0.6) is 0 Å². The fourth-order valence-electron chi connectivity index (χ4n) is 1.78. The minimum atomic E-state index is 0.247. The van der Waals surface area contributed by atoms with Crippen molar-refractivity contribution in [2.75, 3.05) is 19.0 Å². The highest BCUT2D eigenvalue weighted by atomic mass is 16.5. The molecule has 0 fully saturated rings. The van der Waals surface area contributed by atoms with Crippen molar-refractivity contribution in [3.05, 3.63) is 23.4 Å². The third-order valence-corrected chi connectivity index (χ3v) is 2.83. The Morgan fingerprint density at radius 2 is 2.28 bits per heavy atom. The third-order valence-electron chi connectivity index (χ3n) is 2.83. The summed E-state index contributed by atoms with van der Waals surface area (Å²) in [6, 6.07) is 6.17. The number of unbranched alkanes of at least 4 members (excludes halogenated alkanes) is 1. The van der Waals surface area contributed by atoms with E-state index < -0.39 is 0 Å². The Balaban J connectivity index is 2.71. The Labute approximate surface area is 109 Å². The van der Waals surface area contributed by atoms with E-state index in [1.807, 2.05) is 19.1 Å². The van der Waals surface area contributed by atoms with Crippen LogP contribution in [0, 0.1) is 18.3 Å². The molecule has 4 nitrogen and oxygen atoms in total. The van der Waals surface area contributed by atoms with Crippen LogP contribution in [0.3, 0.4) is 0 Å². The molecule has 0 saturated heterocycles. The lowest BCUT2D eigenvalue weighted by Gasteiger charge is -2.18. The van der Waals surface area contributed by atoms with Crippen LogP contribution >= 0.6 is 0 Å². The van der Waals surface area contributed by atoms with Crippen molar-refractivity contribution in [1.82, 2.24) is 4.98 Å². The van der Waals surface area contributed by atoms with Gasteiger partial charge in [-0.05, 0) is 25.0 Å². The van der Waals surface area contributed by atoms with Gasteiger partial charge in [-0.1, -0.05) is 25.8 Å². The Morgan fingerprint density at radius 1 is 1.50 bits per heavy atom. The van der Waals surface area contributed by atoms with E-state index in [-0.39, 0.29) is 6.04 Å². The number of aromatic nitrogens is 1. The molecule has 0 aliphatic carbocycles. The predicted octanol–water partition coefficient (Wildman–Crippen LogP) is 2.88. The highest BCUT2D eigenvalue weighted by molar-refractivity contribution is 5.43. The van der Waals surface area contributed by atoms with Crippen LogP contribution in [0.1, 0.15) is 37.4 Å². The summed E-state index contributed by atoms with van der Waals surface area (Å²) >= 11 is 0. The second-order valence-electron chi connectivity index (χ2n) is 4.41. The van der Waals surface area contributed by atoms with Crippen molar-refractivity contribution in [3.8, 4) is 6.07 Å². The highest BCUT2D eigenvalue weighted by Gasteiger charge is 2.09. The molecular formula is C14H21N3O. The van der Waals surface area contributed by atoms with Crippen LogP contribution in [0.25, 0.3) is 0 Å². The average Bonchev–Trinajstić information content (AvgIpc) is 2.38. The monoisotopic (exact) mass is 247 g/mol. The molecule has 1 unspecified atom stereocenters. The lowest BCUT2D eigenvalue weighted by atomic mass is 10.1. The van der Waals surface area contributed by atoms with Gasteiger partial charge in [0.2, 0.25) is 0 Å². The Bertz CT molecular complexity index is 412. The molecule has 18 heavy (non-hydrogen) atoms. The molecule has 1 heterocycles. The van der Waals surface area contributed by atoms with E-state index in [0.717, 1.165) is 30.6 Å². The van der Waals surface area contributed by atoms with Crippen LogP contribution in [0.2, 0.25) is 0 Å². The van der Waals surface area contributed by atoms with Crippen molar-refractivity contribution >= 4 is 5.82 Å². The van der Waals surface area contributed by atoms with Gasteiger partial charge in [-0.15, -0.1) is 0 Å². The first-order valence-electron chi connectivity index (χ1n) is 6.34. The number of pyridine rings is 1. The number of anilines is 1. The van der Waals surface area contributed by atoms with Gasteiger partial charge in [0.05, 0.1) is 12.6 Å². The topological polar surface area (TPSA) is 57.9 Å². The van der Waals surface area contributed by atoms with Gasteiger partial charge in [-0.2, -0.15) is 5.26 Å². The van der Waals surface area contributed by atoms with Gasteiger partial charge in [-0.3, -0.25) is 0 Å². The molecule has 1 N–H and O–H groups in total. The standard InChI is InChI=1S/C14H21N3O/c1-4-5-6-12(10-18-3)16-14-8-7-11(2)13(9-15)17-14/h7-8,12H,4-6,10H2,1-3H3,(H,16,17). The number of aryl methyl sites for hydroxylation is 1. The summed E-state index contributed by atoms with van der Waals surface area (Å²) in [5.41, 5.74) is 1.38. The SMILES string of the molecule is CCCCC(COC)Nc1ccc(C)c(C#N)n1. The van der Waals surface area contributed by atoms with Gasteiger partial charge < -0.3 is 10.1 Å². The number of nitriles is 1. The summed E-state index contributed by atoms with van der Waals surface area (Å²) in [4.78, 5) is 4.29. The maximum atomic E-state index is 8.96. The molecule has 0 amide bonds. The first-order valence-corrected chi connectivity index (χ1v) is 6.34. The molecule has 0 aromatic carbocycles. The first-order chi connectivity index (χ1) is 8.71. The molecule has 4 heteroatoms. The molecule has 0 bridgehead atoms. The molecule has 0 spiro atoms. The van der Waals surface area contributed by atoms with E-state index >= 15 is 0 Å². The van der Waals surface area contributed by atoms with Gasteiger partial charge in [0, 0.05) is 7.11 Å². The second kappa shape index (κ2) is 7.67. The molecule has 1 rings (SSSR count). The summed E-state index contributed by atoms with van der Waals surface area (Å²) in [6.07, 6.45) is 3.35. The van der Waals surface area contributed by atoms with Crippen LogP contribution in [-0.2, 0) is 4.74 Å². The minimum Gasteiger partial charge on any atom is -0.383 e. The Kier molecular flexibility index (Phi) is 6.16. The maximum Gasteiger partial charge on any atom is 0.145 e. The van der Waals surface area contributed by atoms with E-state index in [0.29, 0.717) is 12.3 Å². The van der Waals surface area contributed by atoms with Crippen molar-refractivity contribution in [3.63, 3.8) is 0 Å². The summed E-state index contributed by atoms with van der Waals surface area (Å²) in [5.74, 6) is 0.746. The zero-order valence-electron chi connectivity index (χ0n) is 11.4. The second-order valence-corrected chi connectivity index (χ2v) is 4.41. The molecule has 1 aromatic heterocycles. The Hall–Kier alpha value is -1.60. The van der Waals surface area contributed by atoms with Gasteiger partial charge in [0.25, 0.3) is 0 Å². The van der Waals surface area contributed by atoms with Crippen LogP contribution in [0.4, 0.5) is 5.82 Å². The Morgan fingerprint density at radius 3 is 2.89 bits per heavy atom. The summed E-state index contributed by atoms with van der Waals surface area (Å²) in [5, 5.41) is 12.3.